The molecule has 3 aromatic rings. The van der Waals surface area contributed by atoms with Crippen molar-refractivity contribution in [3.05, 3.63) is 91.4 Å². The van der Waals surface area contributed by atoms with E-state index in [1.54, 1.807) is 13.0 Å². The number of nitro benzene ring substituents is 1. The van der Waals surface area contributed by atoms with Crippen molar-refractivity contribution >= 4 is 45.3 Å². The summed E-state index contributed by atoms with van der Waals surface area (Å²) in [6.07, 6.45) is -3.55. The van der Waals surface area contributed by atoms with Crippen LogP contribution >= 0.6 is 15.9 Å². The molecule has 1 N–H and O–H groups in total. The smallest absolute Gasteiger partial charge is 0.416 e. The van der Waals surface area contributed by atoms with E-state index in [4.69, 9.17) is 9.47 Å². The van der Waals surface area contributed by atoms with Gasteiger partial charge in [0.25, 0.3) is 5.91 Å². The van der Waals surface area contributed by atoms with Gasteiger partial charge in [-0.15, -0.1) is 0 Å². The standard InChI is InChI=1S/C27H19BrF3N3O7/c1-3-40-23-12-15(10-17(14-32)25(35)33-19-7-4-16(5-8-19)26(36)39-2)11-20(28)24(23)41-22-9-6-18(27(29,30)31)13-21(22)34(37)38/h4-13H,3H2,1-2H3,(H,33,35)/b17-10+. The van der Waals surface area contributed by atoms with Crippen molar-refractivity contribution in [2.24, 2.45) is 0 Å². The van der Waals surface area contributed by atoms with Crippen molar-refractivity contribution in [2.45, 2.75) is 13.1 Å². The monoisotopic (exact) mass is 633 g/mol. The number of alkyl halides is 3. The molecule has 10 nitrogen and oxygen atoms in total. The van der Waals surface area contributed by atoms with Crippen LogP contribution in [-0.2, 0) is 15.7 Å². The zero-order chi connectivity index (χ0) is 30.3. The molecular weight excluding hydrogens is 615 g/mol. The van der Waals surface area contributed by atoms with Gasteiger partial charge in [-0.25, -0.2) is 4.79 Å². The number of benzene rings is 3. The number of rotatable bonds is 9. The predicted octanol–water partition coefficient (Wildman–Crippen LogP) is 6.90. The number of hydrogen-bond acceptors (Lipinski definition) is 8. The second-order valence-corrected chi connectivity index (χ2v) is 8.85. The molecule has 0 unspecified atom stereocenters. The van der Waals surface area contributed by atoms with E-state index in [1.807, 2.05) is 0 Å². The fraction of sp³-hybridized carbons (Fsp3) is 0.148. The maximum Gasteiger partial charge on any atom is 0.416 e. The molecule has 0 spiro atoms. The second-order valence-electron chi connectivity index (χ2n) is 8.00. The van der Waals surface area contributed by atoms with Crippen molar-refractivity contribution < 1.29 is 41.9 Å². The number of methoxy groups -OCH3 is 1. The first-order valence-electron chi connectivity index (χ1n) is 11.5. The number of carbonyl (C=O) groups is 2. The number of esters is 1. The quantitative estimate of drug-likeness (QED) is 0.0882. The zero-order valence-electron chi connectivity index (χ0n) is 21.2. The van der Waals surface area contributed by atoms with Crippen LogP contribution in [0.4, 0.5) is 24.5 Å². The molecule has 3 rings (SSSR count). The lowest BCUT2D eigenvalue weighted by molar-refractivity contribution is -0.385. The van der Waals surface area contributed by atoms with Crippen molar-refractivity contribution in [3.63, 3.8) is 0 Å². The fourth-order valence-electron chi connectivity index (χ4n) is 3.39. The fourth-order valence-corrected chi connectivity index (χ4v) is 3.93. The molecule has 0 atom stereocenters. The van der Waals surface area contributed by atoms with Crippen LogP contribution in [-0.4, -0.2) is 30.5 Å². The second kappa shape index (κ2) is 13.0. The Labute approximate surface area is 239 Å². The molecule has 0 bridgehead atoms. The molecule has 0 fully saturated rings. The lowest BCUT2D eigenvalue weighted by Gasteiger charge is -2.15. The summed E-state index contributed by atoms with van der Waals surface area (Å²) in [4.78, 5) is 34.8. The zero-order valence-corrected chi connectivity index (χ0v) is 22.8. The van der Waals surface area contributed by atoms with E-state index in [2.05, 4.69) is 26.0 Å². The SMILES string of the molecule is CCOc1cc(/C=C(\C#N)C(=O)Nc2ccc(C(=O)OC)cc2)cc(Br)c1Oc1ccc(C(F)(F)F)cc1[N+](=O)[O-]. The molecule has 0 aliphatic rings. The molecule has 14 heteroatoms. The van der Waals surface area contributed by atoms with E-state index in [0.29, 0.717) is 23.4 Å². The van der Waals surface area contributed by atoms with E-state index >= 15 is 0 Å². The highest BCUT2D eigenvalue weighted by molar-refractivity contribution is 9.10. The highest BCUT2D eigenvalue weighted by atomic mass is 79.9. The molecule has 0 aromatic heterocycles. The number of halogens is 4. The lowest BCUT2D eigenvalue weighted by Crippen LogP contribution is -2.13. The number of anilines is 1. The highest BCUT2D eigenvalue weighted by Gasteiger charge is 2.33. The van der Waals surface area contributed by atoms with Gasteiger partial charge < -0.3 is 19.5 Å². The van der Waals surface area contributed by atoms with Crippen molar-refractivity contribution in [1.82, 2.24) is 0 Å². The number of nitrogens with one attached hydrogen (secondary N) is 1. The highest BCUT2D eigenvalue weighted by Crippen LogP contribution is 2.44. The molecular formula is C27H19BrF3N3O7. The topological polar surface area (TPSA) is 141 Å². The number of ether oxygens (including phenoxy) is 3. The minimum atomic E-state index is -4.80. The van der Waals surface area contributed by atoms with Crippen molar-refractivity contribution in [1.29, 1.82) is 5.26 Å². The third-order valence-electron chi connectivity index (χ3n) is 5.27. The third-order valence-corrected chi connectivity index (χ3v) is 5.86. The van der Waals surface area contributed by atoms with Crippen LogP contribution in [0.25, 0.3) is 6.08 Å². The van der Waals surface area contributed by atoms with Crippen LogP contribution in [0.1, 0.15) is 28.4 Å². The first-order chi connectivity index (χ1) is 19.4. The molecule has 0 saturated carbocycles. The summed E-state index contributed by atoms with van der Waals surface area (Å²) in [5, 5.41) is 23.6. The molecule has 1 amide bonds. The Kier molecular flexibility index (Phi) is 9.69. The molecule has 0 heterocycles. The molecule has 0 radical (unpaired) electrons. The average Bonchev–Trinajstić information content (AvgIpc) is 2.93. The number of nitriles is 1. The molecule has 0 aliphatic carbocycles. The van der Waals surface area contributed by atoms with Gasteiger partial charge in [0.05, 0.1) is 34.2 Å². The summed E-state index contributed by atoms with van der Waals surface area (Å²) in [6.45, 7) is 1.75. The number of carbonyl (C=O) groups excluding carboxylic acids is 2. The maximum atomic E-state index is 13.1. The summed E-state index contributed by atoms with van der Waals surface area (Å²) in [6, 6.07) is 12.2. The molecule has 0 aliphatic heterocycles. The third kappa shape index (κ3) is 7.61. The Hall–Kier alpha value is -4.90. The van der Waals surface area contributed by atoms with Crippen LogP contribution in [0, 0.1) is 21.4 Å². The maximum absolute atomic E-state index is 13.1. The van der Waals surface area contributed by atoms with E-state index in [9.17, 15) is 38.1 Å². The molecule has 41 heavy (non-hydrogen) atoms. The number of nitrogens with zero attached hydrogens (tertiary/aromatic N) is 2. The Bertz CT molecular complexity index is 1570. The van der Waals surface area contributed by atoms with Crippen LogP contribution in [0.3, 0.4) is 0 Å². The molecule has 0 saturated heterocycles. The Morgan fingerprint density at radius 1 is 1.12 bits per heavy atom. The first-order valence-corrected chi connectivity index (χ1v) is 12.3. The van der Waals surface area contributed by atoms with Crippen LogP contribution in [0.15, 0.2) is 64.6 Å². The molecule has 3 aromatic carbocycles. The van der Waals surface area contributed by atoms with Gasteiger partial charge in [0.15, 0.2) is 11.5 Å². The Morgan fingerprint density at radius 3 is 2.37 bits per heavy atom. The number of hydrogen-bond donors (Lipinski definition) is 1. The minimum absolute atomic E-state index is 0.0263. The van der Waals surface area contributed by atoms with Crippen LogP contribution in [0.2, 0.25) is 0 Å². The van der Waals surface area contributed by atoms with Crippen LogP contribution < -0.4 is 14.8 Å². The van der Waals surface area contributed by atoms with Gasteiger partial charge in [-0.3, -0.25) is 14.9 Å². The van der Waals surface area contributed by atoms with Gasteiger partial charge >= 0.3 is 17.8 Å². The summed E-state index contributed by atoms with van der Waals surface area (Å²) in [7, 11) is 1.23. The summed E-state index contributed by atoms with van der Waals surface area (Å²) < 4.78 is 55.2. The molecule has 212 valence electrons. The van der Waals surface area contributed by atoms with Crippen LogP contribution in [0.5, 0.6) is 17.2 Å². The predicted molar refractivity (Wildman–Crippen MR) is 143 cm³/mol. The van der Waals surface area contributed by atoms with E-state index in [-0.39, 0.29) is 33.7 Å². The van der Waals surface area contributed by atoms with E-state index in [1.165, 1.54) is 49.6 Å². The van der Waals surface area contributed by atoms with E-state index < -0.39 is 40.0 Å². The van der Waals surface area contributed by atoms with Gasteiger partial charge in [0.2, 0.25) is 5.75 Å². The normalized spacial score (nSPS) is 11.3. The first kappa shape index (κ1) is 30.6. The van der Waals surface area contributed by atoms with Gasteiger partial charge in [0, 0.05) is 11.8 Å². The Morgan fingerprint density at radius 2 is 1.80 bits per heavy atom. The number of nitro groups is 1. The van der Waals surface area contributed by atoms with Gasteiger partial charge in [0.1, 0.15) is 11.6 Å². The van der Waals surface area contributed by atoms with E-state index in [0.717, 1.165) is 6.07 Å². The van der Waals surface area contributed by atoms with Crippen molar-refractivity contribution in [3.8, 4) is 23.3 Å². The largest absolute Gasteiger partial charge is 0.490 e. The summed E-state index contributed by atoms with van der Waals surface area (Å²) >= 11 is 3.25. The average molecular weight is 634 g/mol. The lowest BCUT2D eigenvalue weighted by atomic mass is 10.1. The van der Waals surface area contributed by atoms with Gasteiger partial charge in [-0.2, -0.15) is 18.4 Å². The Balaban J connectivity index is 1.93. The van der Waals surface area contributed by atoms with Crippen molar-refractivity contribution in [2.75, 3.05) is 19.0 Å². The summed E-state index contributed by atoms with van der Waals surface area (Å²) in [5.41, 5.74) is -1.57. The summed E-state index contributed by atoms with van der Waals surface area (Å²) in [5.74, 6) is -1.84. The van der Waals surface area contributed by atoms with Gasteiger partial charge in [-0.05, 0) is 83.0 Å². The number of amides is 1. The minimum Gasteiger partial charge on any atom is -0.490 e. The van der Waals surface area contributed by atoms with Gasteiger partial charge in [-0.1, -0.05) is 0 Å².